The van der Waals surface area contributed by atoms with E-state index in [-0.39, 0.29) is 19.7 Å². The van der Waals surface area contributed by atoms with Crippen molar-refractivity contribution in [1.29, 1.82) is 0 Å². The van der Waals surface area contributed by atoms with Crippen LogP contribution >= 0.6 is 0 Å². The number of hydrogen-bond donors (Lipinski definition) is 2. The van der Waals surface area contributed by atoms with Crippen molar-refractivity contribution in [2.75, 3.05) is 26.2 Å². The molecule has 2 atom stereocenters. The van der Waals surface area contributed by atoms with Gasteiger partial charge in [-0.05, 0) is 18.4 Å². The molecule has 1 unspecified atom stereocenters. The molecular formula is C21H25N3O8. The van der Waals surface area contributed by atoms with Gasteiger partial charge in [0, 0.05) is 19.6 Å². The molecule has 0 aromatic heterocycles. The number of aliphatic carboxylic acids is 2. The molecule has 0 bridgehead atoms. The first-order valence-electron chi connectivity index (χ1n) is 10.3. The zero-order valence-electron chi connectivity index (χ0n) is 17.4. The molecule has 2 heterocycles. The Morgan fingerprint density at radius 3 is 2.34 bits per heavy atom. The van der Waals surface area contributed by atoms with Crippen molar-refractivity contribution in [3.63, 3.8) is 0 Å². The van der Waals surface area contributed by atoms with Gasteiger partial charge in [-0.2, -0.15) is 0 Å². The van der Waals surface area contributed by atoms with Crippen LogP contribution in [-0.4, -0.2) is 93.0 Å². The van der Waals surface area contributed by atoms with E-state index >= 15 is 0 Å². The Morgan fingerprint density at radius 1 is 0.969 bits per heavy atom. The molecule has 1 aromatic rings. The smallest absolute Gasteiger partial charge is 0.410 e. The number of benzene rings is 1. The third-order valence-corrected chi connectivity index (χ3v) is 5.54. The van der Waals surface area contributed by atoms with E-state index in [1.54, 1.807) is 12.1 Å². The Morgan fingerprint density at radius 2 is 1.69 bits per heavy atom. The van der Waals surface area contributed by atoms with Crippen LogP contribution in [0.15, 0.2) is 30.3 Å². The summed E-state index contributed by atoms with van der Waals surface area (Å²) in [7, 11) is 0. The van der Waals surface area contributed by atoms with Gasteiger partial charge in [0.15, 0.2) is 0 Å². The Kier molecular flexibility index (Phi) is 7.29. The highest BCUT2D eigenvalue weighted by Gasteiger charge is 2.44. The number of amides is 3. The largest absolute Gasteiger partial charge is 0.481 e. The highest BCUT2D eigenvalue weighted by atomic mass is 16.6. The lowest BCUT2D eigenvalue weighted by atomic mass is 10.0. The van der Waals surface area contributed by atoms with Crippen molar-refractivity contribution in [2.45, 2.75) is 38.0 Å². The number of hydrogen-bond acceptors (Lipinski definition) is 6. The Hall–Kier alpha value is -3.63. The molecule has 2 saturated heterocycles. The summed E-state index contributed by atoms with van der Waals surface area (Å²) in [5.74, 6) is -3.78. The quantitative estimate of drug-likeness (QED) is 0.611. The van der Waals surface area contributed by atoms with E-state index in [1.807, 2.05) is 18.2 Å². The molecule has 172 valence electrons. The monoisotopic (exact) mass is 447 g/mol. The Bertz CT molecular complexity index is 890. The summed E-state index contributed by atoms with van der Waals surface area (Å²) in [6.45, 7) is -0.263. The summed E-state index contributed by atoms with van der Waals surface area (Å²) in [4.78, 5) is 64.4. The molecule has 11 nitrogen and oxygen atoms in total. The van der Waals surface area contributed by atoms with Gasteiger partial charge in [-0.25, -0.2) is 4.79 Å². The van der Waals surface area contributed by atoms with Crippen LogP contribution in [0, 0.1) is 0 Å². The highest BCUT2D eigenvalue weighted by molar-refractivity contribution is 5.95. The fourth-order valence-corrected chi connectivity index (χ4v) is 4.02. The first kappa shape index (κ1) is 23.0. The van der Waals surface area contributed by atoms with Crippen molar-refractivity contribution in [2.24, 2.45) is 0 Å². The minimum absolute atomic E-state index is 0.0147. The zero-order chi connectivity index (χ0) is 23.3. The molecule has 3 amide bonds. The SMILES string of the molecule is O=C(O)CC1C(=O)N(CC(=O)O)CCN1C(=O)[C@@H]1CCCN1C(=O)OCc1ccccc1. The highest BCUT2D eigenvalue weighted by Crippen LogP contribution is 2.24. The number of piperazine rings is 1. The predicted octanol–water partition coefficient (Wildman–Crippen LogP) is 0.386. The second kappa shape index (κ2) is 10.1. The van der Waals surface area contributed by atoms with Crippen molar-refractivity contribution < 1.29 is 38.9 Å². The van der Waals surface area contributed by atoms with Crippen molar-refractivity contribution in [3.8, 4) is 0 Å². The second-order valence-electron chi connectivity index (χ2n) is 7.69. The van der Waals surface area contributed by atoms with E-state index in [4.69, 9.17) is 9.84 Å². The van der Waals surface area contributed by atoms with E-state index in [0.717, 1.165) is 15.4 Å². The lowest BCUT2D eigenvalue weighted by Crippen LogP contribution is -2.62. The molecule has 2 N–H and O–H groups in total. The molecule has 11 heteroatoms. The van der Waals surface area contributed by atoms with Crippen molar-refractivity contribution in [1.82, 2.24) is 14.7 Å². The first-order valence-corrected chi connectivity index (χ1v) is 10.3. The van der Waals surface area contributed by atoms with Crippen LogP contribution in [-0.2, 0) is 30.5 Å². The van der Waals surface area contributed by atoms with Gasteiger partial charge >= 0.3 is 18.0 Å². The van der Waals surface area contributed by atoms with Crippen LogP contribution in [0.3, 0.4) is 0 Å². The maximum Gasteiger partial charge on any atom is 0.410 e. The van der Waals surface area contributed by atoms with Crippen LogP contribution in [0.2, 0.25) is 0 Å². The standard InChI is InChI=1S/C21H25N3O8/c25-17(26)11-16-19(29)22(12-18(27)28)9-10-23(16)20(30)15-7-4-8-24(15)21(31)32-13-14-5-2-1-3-6-14/h1-3,5-6,15-16H,4,7-13H2,(H,25,26)(H,27,28)/t15-,16?/m0/s1. The van der Waals surface area contributed by atoms with Crippen molar-refractivity contribution in [3.05, 3.63) is 35.9 Å². The number of carbonyl (C=O) groups excluding carboxylic acids is 3. The number of carbonyl (C=O) groups is 5. The molecular weight excluding hydrogens is 422 g/mol. The third kappa shape index (κ3) is 5.34. The van der Waals surface area contributed by atoms with Gasteiger partial charge in [-0.3, -0.25) is 24.1 Å². The van der Waals surface area contributed by atoms with Gasteiger partial charge in [0.1, 0.15) is 25.2 Å². The summed E-state index contributed by atoms with van der Waals surface area (Å²) in [6.07, 6.45) is -0.378. The summed E-state index contributed by atoms with van der Waals surface area (Å²) in [5.41, 5.74) is 0.796. The Labute approximate surface area is 184 Å². The van der Waals surface area contributed by atoms with E-state index in [1.165, 1.54) is 4.90 Å². The van der Waals surface area contributed by atoms with Gasteiger partial charge in [0.2, 0.25) is 11.8 Å². The lowest BCUT2D eigenvalue weighted by molar-refractivity contribution is -0.159. The van der Waals surface area contributed by atoms with E-state index in [9.17, 15) is 29.1 Å². The van der Waals surface area contributed by atoms with Gasteiger partial charge in [-0.15, -0.1) is 0 Å². The molecule has 2 fully saturated rings. The molecule has 32 heavy (non-hydrogen) atoms. The summed E-state index contributed by atoms with van der Waals surface area (Å²) < 4.78 is 5.33. The molecule has 3 rings (SSSR count). The van der Waals surface area contributed by atoms with Gasteiger partial charge in [0.25, 0.3) is 0 Å². The minimum atomic E-state index is -1.32. The van der Waals surface area contributed by atoms with Crippen LogP contribution in [0.1, 0.15) is 24.8 Å². The number of ether oxygens (including phenoxy) is 1. The number of nitrogens with zero attached hydrogens (tertiary/aromatic N) is 3. The molecule has 1 aromatic carbocycles. The van der Waals surface area contributed by atoms with Gasteiger partial charge < -0.3 is 24.7 Å². The van der Waals surface area contributed by atoms with E-state index < -0.39 is 54.9 Å². The summed E-state index contributed by atoms with van der Waals surface area (Å²) >= 11 is 0. The first-order chi connectivity index (χ1) is 15.3. The van der Waals surface area contributed by atoms with Crippen LogP contribution in [0.25, 0.3) is 0 Å². The van der Waals surface area contributed by atoms with Gasteiger partial charge in [-0.1, -0.05) is 30.3 Å². The number of rotatable bonds is 7. The van der Waals surface area contributed by atoms with E-state index in [0.29, 0.717) is 19.4 Å². The average molecular weight is 447 g/mol. The zero-order valence-corrected chi connectivity index (χ0v) is 17.4. The summed E-state index contributed by atoms with van der Waals surface area (Å²) in [6, 6.07) is 6.89. The minimum Gasteiger partial charge on any atom is -0.481 e. The fraction of sp³-hybridized carbons (Fsp3) is 0.476. The summed E-state index contributed by atoms with van der Waals surface area (Å²) in [5, 5.41) is 18.2. The molecule has 2 aliphatic rings. The van der Waals surface area contributed by atoms with E-state index in [2.05, 4.69) is 0 Å². The average Bonchev–Trinajstić information content (AvgIpc) is 3.25. The number of likely N-dealkylation sites (tertiary alicyclic amines) is 1. The molecule has 2 aliphatic heterocycles. The molecule has 0 aliphatic carbocycles. The number of carboxylic acid groups (broad SMARTS) is 2. The normalized spacial score (nSPS) is 20.9. The van der Waals surface area contributed by atoms with Crippen LogP contribution in [0.4, 0.5) is 4.79 Å². The van der Waals surface area contributed by atoms with Crippen LogP contribution in [0.5, 0.6) is 0 Å². The number of carboxylic acids is 2. The maximum absolute atomic E-state index is 13.3. The molecule has 0 radical (unpaired) electrons. The lowest BCUT2D eigenvalue weighted by Gasteiger charge is -2.41. The van der Waals surface area contributed by atoms with Crippen molar-refractivity contribution >= 4 is 29.8 Å². The second-order valence-corrected chi connectivity index (χ2v) is 7.69. The Balaban J connectivity index is 1.70. The molecule has 0 spiro atoms. The fourth-order valence-electron chi connectivity index (χ4n) is 4.02. The maximum atomic E-state index is 13.3. The predicted molar refractivity (Wildman–Crippen MR) is 108 cm³/mol. The molecule has 0 saturated carbocycles. The topological polar surface area (TPSA) is 145 Å². The van der Waals surface area contributed by atoms with Crippen LogP contribution < -0.4 is 0 Å². The van der Waals surface area contributed by atoms with Gasteiger partial charge in [0.05, 0.1) is 6.42 Å². The third-order valence-electron chi connectivity index (χ3n) is 5.54.